The van der Waals surface area contributed by atoms with Crippen molar-refractivity contribution in [2.75, 3.05) is 11.9 Å². The van der Waals surface area contributed by atoms with Crippen LogP contribution in [-0.2, 0) is 17.6 Å². The monoisotopic (exact) mass is 272 g/mol. The first-order chi connectivity index (χ1) is 9.70. The zero-order chi connectivity index (χ0) is 13.9. The Labute approximate surface area is 118 Å². The molecule has 1 aromatic rings. The van der Waals surface area contributed by atoms with Gasteiger partial charge >= 0.3 is 0 Å². The molecule has 0 atom stereocenters. The lowest BCUT2D eigenvalue weighted by molar-refractivity contribution is -0.119. The van der Waals surface area contributed by atoms with Gasteiger partial charge in [0.2, 0.25) is 5.91 Å². The molecule has 20 heavy (non-hydrogen) atoms. The van der Waals surface area contributed by atoms with Gasteiger partial charge in [0.1, 0.15) is 6.54 Å². The van der Waals surface area contributed by atoms with E-state index >= 15 is 0 Å². The van der Waals surface area contributed by atoms with Crippen molar-refractivity contribution in [2.45, 2.75) is 38.1 Å². The van der Waals surface area contributed by atoms with Gasteiger partial charge in [-0.3, -0.25) is 4.79 Å². The number of nitrogens with one attached hydrogen (secondary N) is 2. The van der Waals surface area contributed by atoms with Crippen LogP contribution < -0.4 is 16.4 Å². The maximum absolute atomic E-state index is 11.5. The summed E-state index contributed by atoms with van der Waals surface area (Å²) in [4.78, 5) is 15.6. The fourth-order valence-electron chi connectivity index (χ4n) is 2.49. The highest BCUT2D eigenvalue weighted by Crippen LogP contribution is 2.24. The van der Waals surface area contributed by atoms with Crippen LogP contribution in [0.5, 0.6) is 0 Å². The summed E-state index contributed by atoms with van der Waals surface area (Å²) in [5.74, 6) is 0.222. The maximum atomic E-state index is 11.5. The average Bonchev–Trinajstić information content (AvgIpc) is 3.11. The first-order valence-corrected chi connectivity index (χ1v) is 7.19. The Morgan fingerprint density at radius 2 is 2.10 bits per heavy atom. The van der Waals surface area contributed by atoms with Crippen molar-refractivity contribution in [1.82, 2.24) is 5.32 Å². The van der Waals surface area contributed by atoms with Crippen molar-refractivity contribution in [1.29, 1.82) is 0 Å². The van der Waals surface area contributed by atoms with Gasteiger partial charge in [0, 0.05) is 11.7 Å². The van der Waals surface area contributed by atoms with Gasteiger partial charge in [-0.2, -0.15) is 0 Å². The van der Waals surface area contributed by atoms with Crippen molar-refractivity contribution in [3.05, 3.63) is 29.3 Å². The molecular formula is C15H20N4O. The van der Waals surface area contributed by atoms with Gasteiger partial charge in [-0.05, 0) is 55.4 Å². The highest BCUT2D eigenvalue weighted by molar-refractivity contribution is 5.94. The number of carbonyl (C=O) groups excluding carboxylic acids is 1. The second kappa shape index (κ2) is 5.53. The van der Waals surface area contributed by atoms with E-state index in [0.717, 1.165) is 24.9 Å². The second-order valence-electron chi connectivity index (χ2n) is 5.51. The van der Waals surface area contributed by atoms with Gasteiger partial charge in [0.25, 0.3) is 0 Å². The maximum Gasteiger partial charge on any atom is 0.242 e. The molecule has 5 nitrogen and oxygen atoms in total. The Kier molecular flexibility index (Phi) is 3.58. The smallest absolute Gasteiger partial charge is 0.242 e. The van der Waals surface area contributed by atoms with Crippen LogP contribution in [0.3, 0.4) is 0 Å². The minimum atomic E-state index is -0.0637. The van der Waals surface area contributed by atoms with Crippen molar-refractivity contribution < 1.29 is 4.79 Å². The molecule has 2 aliphatic rings. The fourth-order valence-corrected chi connectivity index (χ4v) is 2.49. The van der Waals surface area contributed by atoms with E-state index in [1.165, 1.54) is 24.0 Å². The summed E-state index contributed by atoms with van der Waals surface area (Å²) in [6, 6.07) is 6.63. The van der Waals surface area contributed by atoms with E-state index in [1.54, 1.807) is 0 Å². The number of carbonyl (C=O) groups is 1. The summed E-state index contributed by atoms with van der Waals surface area (Å²) in [6.45, 7) is 0.0836. The number of amides is 1. The number of guanidine groups is 1. The largest absolute Gasteiger partial charge is 0.370 e. The summed E-state index contributed by atoms with van der Waals surface area (Å²) < 4.78 is 0. The van der Waals surface area contributed by atoms with Crippen LogP contribution in [-0.4, -0.2) is 24.5 Å². The van der Waals surface area contributed by atoms with Crippen LogP contribution in [0.4, 0.5) is 5.69 Å². The average molecular weight is 272 g/mol. The third-order valence-corrected chi connectivity index (χ3v) is 3.71. The topological polar surface area (TPSA) is 79.5 Å². The number of nitrogens with two attached hydrogens (primary N) is 1. The predicted octanol–water partition coefficient (Wildman–Crippen LogP) is 1.18. The van der Waals surface area contributed by atoms with Crippen molar-refractivity contribution >= 4 is 17.6 Å². The second-order valence-corrected chi connectivity index (χ2v) is 5.51. The molecule has 1 saturated carbocycles. The molecule has 0 heterocycles. The first-order valence-electron chi connectivity index (χ1n) is 7.19. The highest BCUT2D eigenvalue weighted by Gasteiger charge is 2.22. The Morgan fingerprint density at radius 1 is 1.30 bits per heavy atom. The van der Waals surface area contributed by atoms with Crippen LogP contribution in [0.1, 0.15) is 30.4 Å². The standard InChI is InChI=1S/C15H20N4O/c16-15(17-9-14(20)18-12-6-7-12)19-13-5-4-10-2-1-3-11(10)8-13/h4-5,8,12H,1-3,6-7,9H2,(H,18,20)(H3,16,17,19). The van der Waals surface area contributed by atoms with Crippen molar-refractivity contribution in [3.8, 4) is 0 Å². The van der Waals surface area contributed by atoms with Gasteiger partial charge in [-0.15, -0.1) is 0 Å². The van der Waals surface area contributed by atoms with Gasteiger partial charge in [-0.25, -0.2) is 4.99 Å². The summed E-state index contributed by atoms with van der Waals surface area (Å²) in [6.07, 6.45) is 5.69. The van der Waals surface area contributed by atoms with Crippen LogP contribution in [0.15, 0.2) is 23.2 Å². The van der Waals surface area contributed by atoms with Crippen LogP contribution in [0.25, 0.3) is 0 Å². The lowest BCUT2D eigenvalue weighted by Gasteiger charge is -2.08. The molecule has 0 spiro atoms. The first kappa shape index (κ1) is 13.0. The number of nitrogens with zero attached hydrogens (tertiary/aromatic N) is 1. The van der Waals surface area contributed by atoms with Gasteiger partial charge < -0.3 is 16.4 Å². The molecule has 1 aromatic carbocycles. The molecule has 0 aliphatic heterocycles. The number of aliphatic imine (C=N–C) groups is 1. The van der Waals surface area contributed by atoms with E-state index in [-0.39, 0.29) is 18.4 Å². The number of fused-ring (bicyclic) bond motifs is 1. The molecule has 1 fully saturated rings. The molecule has 3 rings (SSSR count). The zero-order valence-electron chi connectivity index (χ0n) is 11.5. The van der Waals surface area contributed by atoms with Gasteiger partial charge in [-0.1, -0.05) is 6.07 Å². The van der Waals surface area contributed by atoms with E-state index in [0.29, 0.717) is 6.04 Å². The van der Waals surface area contributed by atoms with Gasteiger partial charge in [0.15, 0.2) is 5.96 Å². The van der Waals surface area contributed by atoms with Crippen molar-refractivity contribution in [2.24, 2.45) is 10.7 Å². The normalized spacial score (nSPS) is 17.7. The summed E-state index contributed by atoms with van der Waals surface area (Å²) >= 11 is 0. The number of rotatable bonds is 4. The van der Waals surface area contributed by atoms with E-state index < -0.39 is 0 Å². The third kappa shape index (κ3) is 3.29. The Hall–Kier alpha value is -2.04. The van der Waals surface area contributed by atoms with E-state index in [4.69, 9.17) is 5.73 Å². The number of benzene rings is 1. The fraction of sp³-hybridized carbons (Fsp3) is 0.467. The molecule has 0 saturated heterocycles. The van der Waals surface area contributed by atoms with E-state index in [2.05, 4.69) is 27.8 Å². The molecule has 0 unspecified atom stereocenters. The number of hydrogen-bond acceptors (Lipinski definition) is 2. The molecule has 0 aromatic heterocycles. The molecule has 1 amide bonds. The SMILES string of the molecule is NC(=NCC(=O)NC1CC1)Nc1ccc2c(c1)CCC2. The van der Waals surface area contributed by atoms with Crippen LogP contribution >= 0.6 is 0 Å². The Bertz CT molecular complexity index is 549. The predicted molar refractivity (Wildman–Crippen MR) is 79.7 cm³/mol. The summed E-state index contributed by atoms with van der Waals surface area (Å²) in [5.41, 5.74) is 9.55. The molecular weight excluding hydrogens is 252 g/mol. The Morgan fingerprint density at radius 3 is 2.90 bits per heavy atom. The van der Waals surface area contributed by atoms with E-state index in [1.807, 2.05) is 6.07 Å². The molecule has 106 valence electrons. The summed E-state index contributed by atoms with van der Waals surface area (Å²) in [7, 11) is 0. The molecule has 0 bridgehead atoms. The molecule has 5 heteroatoms. The number of anilines is 1. The lowest BCUT2D eigenvalue weighted by atomic mass is 10.1. The molecule has 2 aliphatic carbocycles. The molecule has 0 radical (unpaired) electrons. The minimum Gasteiger partial charge on any atom is -0.370 e. The van der Waals surface area contributed by atoms with Gasteiger partial charge in [0.05, 0.1) is 0 Å². The third-order valence-electron chi connectivity index (χ3n) is 3.71. The minimum absolute atomic E-state index is 0.0637. The Balaban J connectivity index is 1.54. The van der Waals surface area contributed by atoms with Crippen molar-refractivity contribution in [3.63, 3.8) is 0 Å². The summed E-state index contributed by atoms with van der Waals surface area (Å²) in [5, 5.41) is 5.92. The van der Waals surface area contributed by atoms with E-state index in [9.17, 15) is 4.79 Å². The van der Waals surface area contributed by atoms with Crippen LogP contribution in [0, 0.1) is 0 Å². The zero-order valence-corrected chi connectivity index (χ0v) is 11.5. The number of hydrogen-bond donors (Lipinski definition) is 3. The highest BCUT2D eigenvalue weighted by atomic mass is 16.2. The number of aryl methyl sites for hydroxylation is 2. The molecule has 4 N–H and O–H groups in total. The quantitative estimate of drug-likeness (QED) is 0.569. The van der Waals surface area contributed by atoms with Crippen LogP contribution in [0.2, 0.25) is 0 Å². The lowest BCUT2D eigenvalue weighted by Crippen LogP contribution is -2.30.